The average molecular weight is 479 g/mol. The second kappa shape index (κ2) is 8.46. The van der Waals surface area contributed by atoms with Crippen LogP contribution in [-0.2, 0) is 9.16 Å². The molecule has 0 amide bonds. The molecule has 2 aliphatic rings. The number of rotatable bonds is 5. The first-order chi connectivity index (χ1) is 16.2. The minimum atomic E-state index is -2.76. The van der Waals surface area contributed by atoms with Crippen LogP contribution in [0.3, 0.4) is 0 Å². The van der Waals surface area contributed by atoms with Gasteiger partial charge in [-0.3, -0.25) is 9.36 Å². The van der Waals surface area contributed by atoms with E-state index < -0.39 is 32.9 Å². The van der Waals surface area contributed by atoms with E-state index >= 15 is 0 Å². The van der Waals surface area contributed by atoms with Crippen molar-refractivity contribution in [1.82, 2.24) is 9.55 Å². The summed E-state index contributed by atoms with van der Waals surface area (Å²) in [5.74, 6) is 0. The van der Waals surface area contributed by atoms with E-state index in [0.717, 1.165) is 0 Å². The predicted octanol–water partition coefficient (Wildman–Crippen LogP) is 2.15. The number of aromatic nitrogens is 2. The molecule has 178 valence electrons. The van der Waals surface area contributed by atoms with Crippen LogP contribution < -0.4 is 20.7 Å². The Morgan fingerprint density at radius 2 is 1.65 bits per heavy atom. The summed E-state index contributed by atoms with van der Waals surface area (Å²) in [7, 11) is -2.76. The van der Waals surface area contributed by atoms with Crippen molar-refractivity contribution in [3.05, 3.63) is 82.8 Å². The zero-order chi connectivity index (χ0) is 24.1. The zero-order valence-electron chi connectivity index (χ0n) is 19.8. The smallest absolute Gasteiger partial charge is 0.302 e. The van der Waals surface area contributed by atoms with Crippen molar-refractivity contribution in [3.8, 4) is 6.01 Å². The maximum absolute atomic E-state index is 11.9. The number of hydrogen-bond donors (Lipinski definition) is 1. The van der Waals surface area contributed by atoms with Gasteiger partial charge in [0.25, 0.3) is 13.9 Å². The second-order valence-electron chi connectivity index (χ2n) is 10.0. The van der Waals surface area contributed by atoms with E-state index in [4.69, 9.17) is 13.9 Å². The number of aliphatic hydroxyl groups excluding tert-OH is 1. The lowest BCUT2D eigenvalue weighted by Gasteiger charge is -2.43. The molecule has 3 unspecified atom stereocenters. The summed E-state index contributed by atoms with van der Waals surface area (Å²) in [6.45, 7) is 8.55. The van der Waals surface area contributed by atoms with Crippen molar-refractivity contribution >= 4 is 18.7 Å². The van der Waals surface area contributed by atoms with Gasteiger partial charge in [-0.25, -0.2) is 0 Å². The molecular weight excluding hydrogens is 448 g/mol. The van der Waals surface area contributed by atoms with Crippen LogP contribution in [0.25, 0.3) is 0 Å². The molecule has 1 fully saturated rings. The molecule has 1 N–H and O–H groups in total. The van der Waals surface area contributed by atoms with Crippen LogP contribution in [-0.4, -0.2) is 47.9 Å². The van der Waals surface area contributed by atoms with Gasteiger partial charge < -0.3 is 19.0 Å². The molecule has 2 aliphatic heterocycles. The van der Waals surface area contributed by atoms with Crippen LogP contribution in [0.15, 0.2) is 71.7 Å². The van der Waals surface area contributed by atoms with Crippen LogP contribution in [0.5, 0.6) is 6.01 Å². The van der Waals surface area contributed by atoms with Gasteiger partial charge in [-0.05, 0) is 22.3 Å². The molecule has 4 atom stereocenters. The third kappa shape index (κ3) is 3.62. The topological polar surface area (TPSA) is 82.8 Å². The number of hydrogen-bond acceptors (Lipinski definition) is 6. The highest BCUT2D eigenvalue weighted by Gasteiger charge is 2.54. The third-order valence-corrected chi connectivity index (χ3v) is 11.8. The first kappa shape index (κ1) is 23.0. The number of benzene rings is 2. The minimum absolute atomic E-state index is 0.177. The van der Waals surface area contributed by atoms with E-state index in [1.54, 1.807) is 17.7 Å². The van der Waals surface area contributed by atoms with Gasteiger partial charge in [0.2, 0.25) is 0 Å². The van der Waals surface area contributed by atoms with E-state index in [-0.39, 0.29) is 23.2 Å². The Balaban J connectivity index is 1.47. The number of ether oxygens (including phenoxy) is 2. The molecule has 8 heteroatoms. The number of nitrogens with zero attached hydrogens (tertiary/aromatic N) is 2. The maximum atomic E-state index is 11.9. The monoisotopic (exact) mass is 478 g/mol. The van der Waals surface area contributed by atoms with Crippen molar-refractivity contribution in [2.24, 2.45) is 0 Å². The highest BCUT2D eigenvalue weighted by molar-refractivity contribution is 6.99. The fourth-order valence-corrected chi connectivity index (χ4v) is 9.69. The van der Waals surface area contributed by atoms with Crippen molar-refractivity contribution in [2.45, 2.75) is 57.3 Å². The molecule has 0 radical (unpaired) electrons. The Morgan fingerprint density at radius 3 is 2.21 bits per heavy atom. The minimum Gasteiger partial charge on any atom is -0.453 e. The van der Waals surface area contributed by atoms with Crippen LogP contribution in [0.4, 0.5) is 0 Å². The Labute approximate surface area is 200 Å². The van der Waals surface area contributed by atoms with Crippen LogP contribution in [0.2, 0.25) is 5.04 Å². The Morgan fingerprint density at radius 1 is 1.06 bits per heavy atom. The molecule has 0 aliphatic carbocycles. The molecule has 0 saturated carbocycles. The van der Waals surface area contributed by atoms with Gasteiger partial charge in [-0.15, -0.1) is 0 Å². The zero-order valence-corrected chi connectivity index (χ0v) is 20.8. The second-order valence-corrected chi connectivity index (χ2v) is 14.3. The van der Waals surface area contributed by atoms with Gasteiger partial charge in [0.15, 0.2) is 12.3 Å². The first-order valence-corrected chi connectivity index (χ1v) is 13.5. The van der Waals surface area contributed by atoms with Crippen molar-refractivity contribution in [3.63, 3.8) is 0 Å². The van der Waals surface area contributed by atoms with Gasteiger partial charge in [0.1, 0.15) is 12.2 Å². The highest BCUT2D eigenvalue weighted by atomic mass is 28.4. The molecule has 5 rings (SSSR count). The molecule has 7 nitrogen and oxygen atoms in total. The molecule has 1 saturated heterocycles. The summed E-state index contributed by atoms with van der Waals surface area (Å²) in [5.41, 5.74) is 0.158. The van der Waals surface area contributed by atoms with Gasteiger partial charge in [-0.2, -0.15) is 4.98 Å². The number of fused-ring (bicyclic) bond motifs is 3. The summed E-state index contributed by atoms with van der Waals surface area (Å²) in [6.07, 6.45) is -1.01. The third-order valence-electron chi connectivity index (χ3n) is 6.80. The van der Waals surface area contributed by atoms with Gasteiger partial charge in [0.05, 0.1) is 6.61 Å². The van der Waals surface area contributed by atoms with E-state index in [1.807, 2.05) is 36.4 Å². The molecule has 3 aromatic rings. The fraction of sp³-hybridized carbons (Fsp3) is 0.385. The summed E-state index contributed by atoms with van der Waals surface area (Å²) in [5, 5.41) is 13.2. The number of aliphatic hydroxyl groups is 1. The quantitative estimate of drug-likeness (QED) is 0.566. The number of aryl methyl sites for hydroxylation is 1. The first-order valence-electron chi connectivity index (χ1n) is 11.6. The average Bonchev–Trinajstić information content (AvgIpc) is 3.31. The van der Waals surface area contributed by atoms with Crippen LogP contribution >= 0.6 is 0 Å². The SMILES string of the molecule is Cc1cn2c(nc1=O)OC1C(O)[C@@H](CO[Si](c3ccccc3)(c3ccccc3)C(C)(C)C)OC12. The Kier molecular flexibility index (Phi) is 5.72. The van der Waals surface area contributed by atoms with Gasteiger partial charge in [0, 0.05) is 11.8 Å². The van der Waals surface area contributed by atoms with Crippen LogP contribution in [0, 0.1) is 6.92 Å². The van der Waals surface area contributed by atoms with E-state index in [9.17, 15) is 9.90 Å². The molecule has 0 spiro atoms. The Hall–Kier alpha value is -2.78. The molecular formula is C26H30N2O5Si. The largest absolute Gasteiger partial charge is 0.453 e. The summed E-state index contributed by atoms with van der Waals surface area (Å²) >= 11 is 0. The molecule has 0 bridgehead atoms. The summed E-state index contributed by atoms with van der Waals surface area (Å²) in [6, 6.07) is 20.9. The standard InChI is InChI=1S/C26H30N2O5Si/c1-17-15-28-24-22(33-25(28)27-23(17)30)21(29)20(32-24)16-31-34(26(2,3)4,18-11-7-5-8-12-18)19-13-9-6-10-14-19/h5-15,20-22,24,29H,16H2,1-4H3/t20-,21?,22?,24?/m1/s1. The normalized spacial score (nSPS) is 23.9. The van der Waals surface area contributed by atoms with Gasteiger partial charge >= 0.3 is 6.01 Å². The predicted molar refractivity (Wildman–Crippen MR) is 131 cm³/mol. The summed E-state index contributed by atoms with van der Waals surface area (Å²) < 4.78 is 20.7. The van der Waals surface area contributed by atoms with E-state index in [2.05, 4.69) is 50.0 Å². The maximum Gasteiger partial charge on any atom is 0.302 e. The lowest BCUT2D eigenvalue weighted by molar-refractivity contribution is -0.0401. The van der Waals surface area contributed by atoms with E-state index in [0.29, 0.717) is 5.56 Å². The summed E-state index contributed by atoms with van der Waals surface area (Å²) in [4.78, 5) is 15.9. The van der Waals surface area contributed by atoms with Crippen molar-refractivity contribution in [1.29, 1.82) is 0 Å². The van der Waals surface area contributed by atoms with E-state index in [1.165, 1.54) is 10.4 Å². The molecule has 1 aromatic heterocycles. The Bertz CT molecular complexity index is 1190. The van der Waals surface area contributed by atoms with Gasteiger partial charge in [-0.1, -0.05) is 81.4 Å². The fourth-order valence-electron chi connectivity index (χ4n) is 5.12. The highest BCUT2D eigenvalue weighted by Crippen LogP contribution is 2.41. The van der Waals surface area contributed by atoms with Crippen LogP contribution in [0.1, 0.15) is 32.6 Å². The van der Waals surface area contributed by atoms with Crippen molar-refractivity contribution in [2.75, 3.05) is 6.61 Å². The molecule has 3 heterocycles. The molecule has 2 aromatic carbocycles. The lowest BCUT2D eigenvalue weighted by atomic mass is 10.1. The molecule has 34 heavy (non-hydrogen) atoms. The lowest BCUT2D eigenvalue weighted by Crippen LogP contribution is -2.67. The van der Waals surface area contributed by atoms with Crippen molar-refractivity contribution < 1.29 is 19.0 Å².